The summed E-state index contributed by atoms with van der Waals surface area (Å²) in [4.78, 5) is 22.8. The molecule has 0 radical (unpaired) electrons. The van der Waals surface area contributed by atoms with E-state index in [9.17, 15) is 0 Å². The predicted molar refractivity (Wildman–Crippen MR) is 136 cm³/mol. The van der Waals surface area contributed by atoms with E-state index >= 15 is 0 Å². The maximum Gasteiger partial charge on any atom is 0.414 e. The molecule has 1 aromatic heterocycles. The van der Waals surface area contributed by atoms with Crippen molar-refractivity contribution >= 4 is 17.9 Å². The maximum atomic E-state index is 9.10. The van der Waals surface area contributed by atoms with Gasteiger partial charge in [0.25, 0.3) is 0 Å². The smallest absolute Gasteiger partial charge is 0.414 e. The fourth-order valence-corrected chi connectivity index (χ4v) is 3.50. The number of ether oxygens (including phenoxy) is 2. The van der Waals surface area contributed by atoms with Gasteiger partial charge in [0, 0.05) is 19.2 Å². The number of carboxylic acids is 2. The van der Waals surface area contributed by atoms with Gasteiger partial charge >= 0.3 is 11.9 Å². The standard InChI is InChI=1S/C25H25N3O2.C2H2O4/c1-28-23(20-11-9-19(10-12-20)18-7-5-4-6-8-18)17-27-25(28)26-16-21-15-22(29-2)13-14-24(21)30-3;3-1(4)2(5)6/h4-15,17H,16H2,1-3H3,(H,26,27);(H,3,4)(H,5,6). The monoisotopic (exact) mass is 489 g/mol. The number of carbonyl (C=O) groups is 2. The lowest BCUT2D eigenvalue weighted by Gasteiger charge is -2.12. The summed E-state index contributed by atoms with van der Waals surface area (Å²) in [5.74, 6) is -1.24. The summed E-state index contributed by atoms with van der Waals surface area (Å²) >= 11 is 0. The second-order valence-corrected chi connectivity index (χ2v) is 7.61. The van der Waals surface area contributed by atoms with Gasteiger partial charge in [-0.1, -0.05) is 54.6 Å². The average molecular weight is 490 g/mol. The lowest BCUT2D eigenvalue weighted by atomic mass is 10.0. The molecule has 0 fully saturated rings. The van der Waals surface area contributed by atoms with E-state index in [0.29, 0.717) is 6.54 Å². The van der Waals surface area contributed by atoms with E-state index in [-0.39, 0.29) is 0 Å². The maximum absolute atomic E-state index is 9.10. The van der Waals surface area contributed by atoms with E-state index < -0.39 is 11.9 Å². The van der Waals surface area contributed by atoms with E-state index in [0.717, 1.165) is 34.3 Å². The Hall–Kier alpha value is -4.79. The molecule has 9 nitrogen and oxygen atoms in total. The van der Waals surface area contributed by atoms with Gasteiger partial charge < -0.3 is 29.6 Å². The molecule has 0 aliphatic carbocycles. The van der Waals surface area contributed by atoms with Gasteiger partial charge in [-0.15, -0.1) is 0 Å². The third-order valence-corrected chi connectivity index (χ3v) is 5.38. The minimum atomic E-state index is -1.82. The molecule has 0 unspecified atom stereocenters. The third kappa shape index (κ3) is 6.41. The first-order valence-corrected chi connectivity index (χ1v) is 10.9. The van der Waals surface area contributed by atoms with Gasteiger partial charge in [0.2, 0.25) is 5.95 Å². The number of aromatic nitrogens is 2. The van der Waals surface area contributed by atoms with Crippen molar-refractivity contribution in [2.24, 2.45) is 7.05 Å². The molecule has 4 rings (SSSR count). The van der Waals surface area contributed by atoms with Gasteiger partial charge in [-0.25, -0.2) is 14.6 Å². The van der Waals surface area contributed by atoms with Crippen LogP contribution in [0.4, 0.5) is 5.95 Å². The molecule has 0 aliphatic rings. The molecule has 0 saturated carbocycles. The molecular weight excluding hydrogens is 462 g/mol. The Bertz CT molecular complexity index is 1310. The molecule has 0 aliphatic heterocycles. The second-order valence-electron chi connectivity index (χ2n) is 7.61. The Morgan fingerprint density at radius 3 is 2.06 bits per heavy atom. The lowest BCUT2D eigenvalue weighted by Crippen LogP contribution is -2.09. The first-order chi connectivity index (χ1) is 17.3. The highest BCUT2D eigenvalue weighted by atomic mass is 16.5. The van der Waals surface area contributed by atoms with Crippen LogP contribution in [0.5, 0.6) is 11.5 Å². The van der Waals surface area contributed by atoms with Crippen molar-refractivity contribution < 1.29 is 29.3 Å². The molecule has 36 heavy (non-hydrogen) atoms. The number of hydrogen-bond donors (Lipinski definition) is 3. The SMILES string of the molecule is COc1ccc(OC)c(CNc2ncc(-c3ccc(-c4ccccc4)cc3)n2C)c1.O=C(O)C(=O)O. The molecule has 0 atom stereocenters. The summed E-state index contributed by atoms with van der Waals surface area (Å²) in [6.45, 7) is 0.581. The molecule has 1 heterocycles. The van der Waals surface area contributed by atoms with Crippen molar-refractivity contribution in [2.75, 3.05) is 19.5 Å². The third-order valence-electron chi connectivity index (χ3n) is 5.38. The Morgan fingerprint density at radius 1 is 0.861 bits per heavy atom. The molecule has 186 valence electrons. The Balaban J connectivity index is 0.000000538. The van der Waals surface area contributed by atoms with Gasteiger partial charge in [0.05, 0.1) is 26.1 Å². The van der Waals surface area contributed by atoms with Gasteiger partial charge in [0.15, 0.2) is 0 Å². The summed E-state index contributed by atoms with van der Waals surface area (Å²) in [6, 6.07) is 24.7. The molecule has 0 bridgehead atoms. The number of rotatable bonds is 7. The summed E-state index contributed by atoms with van der Waals surface area (Å²) in [5.41, 5.74) is 5.59. The van der Waals surface area contributed by atoms with E-state index in [1.807, 2.05) is 37.5 Å². The normalized spacial score (nSPS) is 10.1. The van der Waals surface area contributed by atoms with Crippen LogP contribution >= 0.6 is 0 Å². The Kier molecular flexibility index (Phi) is 8.66. The quantitative estimate of drug-likeness (QED) is 0.324. The number of methoxy groups -OCH3 is 2. The van der Waals surface area contributed by atoms with Crippen LogP contribution < -0.4 is 14.8 Å². The van der Waals surface area contributed by atoms with E-state index in [2.05, 4.69) is 63.4 Å². The van der Waals surface area contributed by atoms with Crippen LogP contribution in [0.3, 0.4) is 0 Å². The number of aliphatic carboxylic acids is 2. The van der Waals surface area contributed by atoms with Crippen molar-refractivity contribution in [3.05, 3.63) is 84.6 Å². The number of nitrogens with zero attached hydrogens (tertiary/aromatic N) is 2. The van der Waals surface area contributed by atoms with E-state index in [4.69, 9.17) is 29.3 Å². The van der Waals surface area contributed by atoms with E-state index in [1.54, 1.807) is 14.2 Å². The molecule has 9 heteroatoms. The predicted octanol–water partition coefficient (Wildman–Crippen LogP) is 4.54. The van der Waals surface area contributed by atoms with Crippen LogP contribution in [0.15, 0.2) is 79.0 Å². The van der Waals surface area contributed by atoms with Gasteiger partial charge in [0.1, 0.15) is 11.5 Å². The van der Waals surface area contributed by atoms with Crippen molar-refractivity contribution in [3.63, 3.8) is 0 Å². The van der Waals surface area contributed by atoms with Gasteiger partial charge in [-0.05, 0) is 34.9 Å². The summed E-state index contributed by atoms with van der Waals surface area (Å²) in [5, 5.41) is 18.2. The number of anilines is 1. The van der Waals surface area contributed by atoms with Gasteiger partial charge in [-0.3, -0.25) is 0 Å². The average Bonchev–Trinajstić information content (AvgIpc) is 3.28. The van der Waals surface area contributed by atoms with Gasteiger partial charge in [-0.2, -0.15) is 0 Å². The van der Waals surface area contributed by atoms with E-state index in [1.165, 1.54) is 11.1 Å². The molecule has 4 aromatic rings. The largest absolute Gasteiger partial charge is 0.497 e. The second kappa shape index (κ2) is 12.1. The highest BCUT2D eigenvalue weighted by molar-refractivity contribution is 6.27. The fraction of sp³-hybridized carbons (Fsp3) is 0.148. The van der Waals surface area contributed by atoms with Crippen LogP contribution in [0, 0.1) is 0 Å². The van der Waals surface area contributed by atoms with Crippen LogP contribution in [0.2, 0.25) is 0 Å². The number of imidazole rings is 1. The molecule has 3 N–H and O–H groups in total. The van der Waals surface area contributed by atoms with Crippen molar-refractivity contribution in [2.45, 2.75) is 6.54 Å². The zero-order chi connectivity index (χ0) is 26.1. The van der Waals surface area contributed by atoms with Crippen molar-refractivity contribution in [3.8, 4) is 33.9 Å². The summed E-state index contributed by atoms with van der Waals surface area (Å²) in [7, 11) is 5.34. The van der Waals surface area contributed by atoms with Crippen LogP contribution in [0.25, 0.3) is 22.4 Å². The first kappa shape index (κ1) is 25.8. The molecule has 0 spiro atoms. The summed E-state index contributed by atoms with van der Waals surface area (Å²) in [6.07, 6.45) is 1.89. The number of benzene rings is 3. The minimum absolute atomic E-state index is 0.581. The molecular formula is C27H27N3O6. The van der Waals surface area contributed by atoms with Crippen LogP contribution in [0.1, 0.15) is 5.56 Å². The highest BCUT2D eigenvalue weighted by Crippen LogP contribution is 2.28. The topological polar surface area (TPSA) is 123 Å². The van der Waals surface area contributed by atoms with Crippen molar-refractivity contribution in [1.82, 2.24) is 9.55 Å². The fourth-order valence-electron chi connectivity index (χ4n) is 3.50. The lowest BCUT2D eigenvalue weighted by molar-refractivity contribution is -0.159. The zero-order valence-corrected chi connectivity index (χ0v) is 20.1. The summed E-state index contributed by atoms with van der Waals surface area (Å²) < 4.78 is 12.9. The zero-order valence-electron chi connectivity index (χ0n) is 20.1. The highest BCUT2D eigenvalue weighted by Gasteiger charge is 2.11. The Labute approximate surface area is 208 Å². The molecule has 3 aromatic carbocycles. The molecule has 0 saturated heterocycles. The Morgan fingerprint density at radius 2 is 1.47 bits per heavy atom. The van der Waals surface area contributed by atoms with Crippen LogP contribution in [-0.2, 0) is 23.2 Å². The number of nitrogens with one attached hydrogen (secondary N) is 1. The minimum Gasteiger partial charge on any atom is -0.497 e. The number of carboxylic acid groups (broad SMARTS) is 2. The first-order valence-electron chi connectivity index (χ1n) is 10.9. The van der Waals surface area contributed by atoms with Crippen LogP contribution in [-0.4, -0.2) is 45.9 Å². The molecule has 0 amide bonds. The number of hydrogen-bond acceptors (Lipinski definition) is 6. The van der Waals surface area contributed by atoms with Crippen molar-refractivity contribution in [1.29, 1.82) is 0 Å².